The zero-order valence-electron chi connectivity index (χ0n) is 17.1. The van der Waals surface area contributed by atoms with Crippen LogP contribution in [0.25, 0.3) is 0 Å². The van der Waals surface area contributed by atoms with Crippen molar-refractivity contribution in [3.8, 4) is 11.5 Å². The molecule has 9 nitrogen and oxygen atoms in total. The van der Waals surface area contributed by atoms with Crippen molar-refractivity contribution in [2.24, 2.45) is 0 Å². The average Bonchev–Trinajstić information content (AvgIpc) is 2.66. The van der Waals surface area contributed by atoms with Gasteiger partial charge in [0.15, 0.2) is 11.5 Å². The predicted molar refractivity (Wildman–Crippen MR) is 103 cm³/mol. The van der Waals surface area contributed by atoms with E-state index >= 15 is 0 Å². The van der Waals surface area contributed by atoms with Crippen molar-refractivity contribution in [3.05, 3.63) is 23.8 Å². The first kappa shape index (κ1) is 23.2. The van der Waals surface area contributed by atoms with E-state index in [1.165, 1.54) is 0 Å². The number of hydrogen-bond acceptors (Lipinski definition) is 7. The van der Waals surface area contributed by atoms with Gasteiger partial charge in [-0.1, -0.05) is 19.1 Å². The molecule has 0 radical (unpaired) electrons. The highest BCUT2D eigenvalue weighted by Crippen LogP contribution is 2.31. The highest BCUT2D eigenvalue weighted by Gasteiger charge is 2.19. The van der Waals surface area contributed by atoms with Crippen LogP contribution in [-0.2, 0) is 20.9 Å². The van der Waals surface area contributed by atoms with Gasteiger partial charge in [-0.25, -0.2) is 4.79 Å². The van der Waals surface area contributed by atoms with E-state index in [0.29, 0.717) is 24.6 Å². The van der Waals surface area contributed by atoms with Crippen molar-refractivity contribution in [2.75, 3.05) is 47.5 Å². The Labute approximate surface area is 165 Å². The van der Waals surface area contributed by atoms with E-state index in [-0.39, 0.29) is 25.6 Å². The summed E-state index contributed by atoms with van der Waals surface area (Å²) in [5, 5.41) is 2.12. The van der Waals surface area contributed by atoms with Gasteiger partial charge in [-0.05, 0) is 19.5 Å². The fourth-order valence-corrected chi connectivity index (χ4v) is 2.54. The average molecular weight is 395 g/mol. The van der Waals surface area contributed by atoms with E-state index in [2.05, 4.69) is 10.1 Å². The molecule has 28 heavy (non-hydrogen) atoms. The summed E-state index contributed by atoms with van der Waals surface area (Å²) in [5.41, 5.74) is 0.806. The van der Waals surface area contributed by atoms with Crippen molar-refractivity contribution < 1.29 is 28.6 Å². The van der Waals surface area contributed by atoms with Crippen LogP contribution >= 0.6 is 0 Å². The minimum Gasteiger partial charge on any atom is -0.493 e. The number of rotatable bonds is 10. The van der Waals surface area contributed by atoms with Crippen LogP contribution in [0, 0.1) is 0 Å². The van der Waals surface area contributed by atoms with Crippen LogP contribution in [0.5, 0.6) is 11.5 Å². The summed E-state index contributed by atoms with van der Waals surface area (Å²) in [7, 11) is 4.77. The molecular weight excluding hydrogens is 366 g/mol. The van der Waals surface area contributed by atoms with Gasteiger partial charge in [-0.2, -0.15) is 0 Å². The fourth-order valence-electron chi connectivity index (χ4n) is 2.54. The van der Waals surface area contributed by atoms with Gasteiger partial charge >= 0.3 is 6.09 Å². The largest absolute Gasteiger partial charge is 0.493 e. The number of nitrogens with one attached hydrogen (secondary N) is 1. The van der Waals surface area contributed by atoms with Crippen LogP contribution < -0.4 is 14.8 Å². The Morgan fingerprint density at radius 2 is 1.79 bits per heavy atom. The SMILES string of the molecule is CCOC(=O)NC(=O)CN(CC)CC(=O)N(C)Cc1cccc(OC)c1OC. The molecule has 1 N–H and O–H groups in total. The molecule has 0 saturated carbocycles. The number of benzene rings is 1. The Balaban J connectivity index is 2.67. The highest BCUT2D eigenvalue weighted by atomic mass is 16.5. The van der Waals surface area contributed by atoms with Gasteiger partial charge in [0.05, 0.1) is 33.9 Å². The number of ether oxygens (including phenoxy) is 3. The molecule has 0 aliphatic rings. The van der Waals surface area contributed by atoms with Gasteiger partial charge in [-0.15, -0.1) is 0 Å². The lowest BCUT2D eigenvalue weighted by atomic mass is 10.1. The molecule has 0 aliphatic heterocycles. The summed E-state index contributed by atoms with van der Waals surface area (Å²) in [6.07, 6.45) is -0.794. The smallest absolute Gasteiger partial charge is 0.413 e. The molecule has 0 saturated heterocycles. The molecule has 156 valence electrons. The van der Waals surface area contributed by atoms with Crippen LogP contribution in [0.3, 0.4) is 0 Å². The predicted octanol–water partition coefficient (Wildman–Crippen LogP) is 1.26. The maximum absolute atomic E-state index is 12.6. The van der Waals surface area contributed by atoms with Gasteiger partial charge in [0.25, 0.3) is 0 Å². The quantitative estimate of drug-likeness (QED) is 0.637. The van der Waals surface area contributed by atoms with Crippen molar-refractivity contribution in [2.45, 2.75) is 20.4 Å². The Hall–Kier alpha value is -2.81. The third kappa shape index (κ3) is 7.07. The molecule has 0 unspecified atom stereocenters. The number of alkyl carbamates (subject to hydrolysis) is 1. The standard InChI is InChI=1S/C19H29N3O6/c1-6-22(12-16(23)20-19(25)28-7-2)13-17(24)21(3)11-14-9-8-10-15(26-4)18(14)27-5/h8-10H,6-7,11-13H2,1-5H3,(H,20,23,25). The van der Waals surface area contributed by atoms with E-state index < -0.39 is 12.0 Å². The third-order valence-electron chi connectivity index (χ3n) is 4.01. The molecule has 0 aliphatic carbocycles. The summed E-state index contributed by atoms with van der Waals surface area (Å²) in [4.78, 5) is 38.9. The monoisotopic (exact) mass is 395 g/mol. The molecule has 3 amide bonds. The van der Waals surface area contributed by atoms with E-state index in [0.717, 1.165) is 5.56 Å². The Bertz CT molecular complexity index is 680. The first-order chi connectivity index (χ1) is 13.4. The van der Waals surface area contributed by atoms with Crippen molar-refractivity contribution in [1.82, 2.24) is 15.1 Å². The lowest BCUT2D eigenvalue weighted by Gasteiger charge is -2.24. The molecule has 0 atom stereocenters. The molecule has 0 bridgehead atoms. The summed E-state index contributed by atoms with van der Waals surface area (Å²) in [5.74, 6) is 0.471. The molecule has 1 aromatic rings. The van der Waals surface area contributed by atoms with Crippen molar-refractivity contribution in [1.29, 1.82) is 0 Å². The van der Waals surface area contributed by atoms with Crippen LogP contribution in [-0.4, -0.2) is 75.2 Å². The summed E-state index contributed by atoms with van der Waals surface area (Å²) in [6, 6.07) is 5.47. The number of carbonyl (C=O) groups is 3. The van der Waals surface area contributed by atoms with Crippen molar-refractivity contribution >= 4 is 17.9 Å². The van der Waals surface area contributed by atoms with Gasteiger partial charge in [0, 0.05) is 19.2 Å². The number of methoxy groups -OCH3 is 2. The normalized spacial score (nSPS) is 10.4. The second-order valence-electron chi connectivity index (χ2n) is 5.97. The van der Waals surface area contributed by atoms with E-state index in [1.54, 1.807) is 44.1 Å². The van der Waals surface area contributed by atoms with E-state index in [4.69, 9.17) is 9.47 Å². The zero-order chi connectivity index (χ0) is 21.1. The number of amides is 3. The second-order valence-corrected chi connectivity index (χ2v) is 5.97. The highest BCUT2D eigenvalue weighted by molar-refractivity contribution is 5.93. The number of hydrogen-bond donors (Lipinski definition) is 1. The first-order valence-electron chi connectivity index (χ1n) is 8.98. The Morgan fingerprint density at radius 3 is 2.36 bits per heavy atom. The lowest BCUT2D eigenvalue weighted by molar-refractivity contribution is -0.132. The lowest BCUT2D eigenvalue weighted by Crippen LogP contribution is -2.44. The van der Waals surface area contributed by atoms with E-state index in [1.807, 2.05) is 19.1 Å². The number of para-hydroxylation sites is 1. The van der Waals surface area contributed by atoms with E-state index in [9.17, 15) is 14.4 Å². The minimum absolute atomic E-state index is 0.0372. The number of nitrogens with zero attached hydrogens (tertiary/aromatic N) is 2. The topological polar surface area (TPSA) is 97.4 Å². The summed E-state index contributed by atoms with van der Waals surface area (Å²) < 4.78 is 15.3. The molecule has 0 spiro atoms. The Kier molecular flexibility index (Phi) is 9.80. The minimum atomic E-state index is -0.794. The van der Waals surface area contributed by atoms with Gasteiger partial charge in [0.2, 0.25) is 11.8 Å². The van der Waals surface area contributed by atoms with Crippen LogP contribution in [0.1, 0.15) is 19.4 Å². The number of imide groups is 1. The zero-order valence-corrected chi connectivity index (χ0v) is 17.1. The third-order valence-corrected chi connectivity index (χ3v) is 4.01. The molecule has 1 rings (SSSR count). The molecular formula is C19H29N3O6. The summed E-state index contributed by atoms with van der Waals surface area (Å²) in [6.45, 7) is 4.40. The van der Waals surface area contributed by atoms with Gasteiger partial charge in [-0.3, -0.25) is 19.8 Å². The molecule has 0 heterocycles. The first-order valence-corrected chi connectivity index (χ1v) is 8.98. The second kappa shape index (κ2) is 11.8. The summed E-state index contributed by atoms with van der Waals surface area (Å²) >= 11 is 0. The van der Waals surface area contributed by atoms with Crippen molar-refractivity contribution in [3.63, 3.8) is 0 Å². The van der Waals surface area contributed by atoms with Crippen LogP contribution in [0.15, 0.2) is 18.2 Å². The Morgan fingerprint density at radius 1 is 1.07 bits per heavy atom. The fraction of sp³-hybridized carbons (Fsp3) is 0.526. The maximum atomic E-state index is 12.6. The molecule has 1 aromatic carbocycles. The molecule has 0 fully saturated rings. The van der Waals surface area contributed by atoms with Gasteiger partial charge in [0.1, 0.15) is 0 Å². The number of likely N-dealkylation sites (N-methyl/N-ethyl adjacent to an activating group) is 2. The number of carbonyl (C=O) groups excluding carboxylic acids is 3. The maximum Gasteiger partial charge on any atom is 0.413 e. The van der Waals surface area contributed by atoms with Crippen LogP contribution in [0.4, 0.5) is 4.79 Å². The molecule has 0 aromatic heterocycles. The van der Waals surface area contributed by atoms with Crippen LogP contribution in [0.2, 0.25) is 0 Å². The van der Waals surface area contributed by atoms with Gasteiger partial charge < -0.3 is 19.1 Å². The molecule has 9 heteroatoms.